The third kappa shape index (κ3) is 4.94. The molecule has 0 radical (unpaired) electrons. The third-order valence-electron chi connectivity index (χ3n) is 1.62. The maximum absolute atomic E-state index is 8.40. The molecule has 0 atom stereocenters. The van der Waals surface area contributed by atoms with E-state index in [1.807, 2.05) is 12.1 Å². The lowest BCUT2D eigenvalue weighted by molar-refractivity contribution is 1.42. The average Bonchev–Trinajstić information content (AvgIpc) is 2.25. The Labute approximate surface area is 118 Å². The topological polar surface area (TPSA) is 23.8 Å². The number of hydrogen-bond acceptors (Lipinski definition) is 4. The molecule has 0 heterocycles. The lowest BCUT2D eigenvalue weighted by atomic mass is 10.2. The molecule has 0 N–H and O–H groups in total. The molecular formula is C10H7Cl2NS3. The number of thioether (sulfide) groups is 2. The van der Waals surface area contributed by atoms with E-state index in [-0.39, 0.29) is 0 Å². The van der Waals surface area contributed by atoms with Gasteiger partial charge in [-0.1, -0.05) is 53.2 Å². The SMILES string of the molecule is N#CCSC(=S)SCc1ccc(Cl)cc1Cl. The molecule has 1 aromatic carbocycles. The molecular weight excluding hydrogens is 301 g/mol. The molecule has 16 heavy (non-hydrogen) atoms. The van der Waals surface area contributed by atoms with E-state index in [9.17, 15) is 0 Å². The van der Waals surface area contributed by atoms with Crippen molar-refractivity contribution in [2.24, 2.45) is 0 Å². The van der Waals surface area contributed by atoms with Gasteiger partial charge in [0, 0.05) is 15.8 Å². The number of benzene rings is 1. The fourth-order valence-corrected chi connectivity index (χ4v) is 3.21. The van der Waals surface area contributed by atoms with Gasteiger partial charge in [-0.3, -0.25) is 0 Å². The molecule has 0 saturated heterocycles. The van der Waals surface area contributed by atoms with Crippen LogP contribution in [0.1, 0.15) is 5.56 Å². The summed E-state index contributed by atoms with van der Waals surface area (Å²) >= 11 is 19.8. The van der Waals surface area contributed by atoms with Crippen LogP contribution in [-0.2, 0) is 5.75 Å². The van der Waals surface area contributed by atoms with Gasteiger partial charge in [0.1, 0.15) is 3.53 Å². The van der Waals surface area contributed by atoms with Crippen LogP contribution < -0.4 is 0 Å². The van der Waals surface area contributed by atoms with Crippen LogP contribution >= 0.6 is 58.9 Å². The Morgan fingerprint density at radius 1 is 1.38 bits per heavy atom. The van der Waals surface area contributed by atoms with Crippen molar-refractivity contribution in [1.29, 1.82) is 5.26 Å². The van der Waals surface area contributed by atoms with Crippen molar-refractivity contribution in [3.63, 3.8) is 0 Å². The van der Waals surface area contributed by atoms with Gasteiger partial charge in [-0.05, 0) is 17.7 Å². The Kier molecular flexibility index (Phi) is 6.55. The molecule has 0 fully saturated rings. The summed E-state index contributed by atoms with van der Waals surface area (Å²) < 4.78 is 0.757. The second-order valence-corrected chi connectivity index (χ2v) is 6.72. The van der Waals surface area contributed by atoms with Gasteiger partial charge < -0.3 is 0 Å². The zero-order valence-electron chi connectivity index (χ0n) is 8.07. The summed E-state index contributed by atoms with van der Waals surface area (Å²) in [5, 5.41) is 9.67. The largest absolute Gasteiger partial charge is 0.197 e. The maximum atomic E-state index is 8.40. The molecule has 1 nitrogen and oxygen atoms in total. The summed E-state index contributed by atoms with van der Waals surface area (Å²) in [6.07, 6.45) is 0. The van der Waals surface area contributed by atoms with E-state index in [2.05, 4.69) is 0 Å². The van der Waals surface area contributed by atoms with Gasteiger partial charge >= 0.3 is 0 Å². The summed E-state index contributed by atoms with van der Waals surface area (Å²) in [5.74, 6) is 1.09. The van der Waals surface area contributed by atoms with Crippen molar-refractivity contribution < 1.29 is 0 Å². The van der Waals surface area contributed by atoms with E-state index in [0.29, 0.717) is 21.6 Å². The first-order chi connectivity index (χ1) is 7.63. The van der Waals surface area contributed by atoms with Crippen LogP contribution in [0.25, 0.3) is 0 Å². The van der Waals surface area contributed by atoms with E-state index < -0.39 is 0 Å². The first-order valence-corrected chi connectivity index (χ1v) is 7.37. The predicted molar refractivity (Wildman–Crippen MR) is 78.4 cm³/mol. The van der Waals surface area contributed by atoms with Crippen molar-refractivity contribution in [2.45, 2.75) is 5.75 Å². The highest BCUT2D eigenvalue weighted by molar-refractivity contribution is 8.47. The summed E-state index contributed by atoms with van der Waals surface area (Å²) in [6.45, 7) is 0. The zero-order valence-corrected chi connectivity index (χ0v) is 12.0. The van der Waals surface area contributed by atoms with Gasteiger partial charge in [-0.15, -0.1) is 11.8 Å². The van der Waals surface area contributed by atoms with E-state index in [1.54, 1.807) is 12.1 Å². The standard InChI is InChI=1S/C10H7Cl2NS3/c11-8-2-1-7(9(12)5-8)6-16-10(14)15-4-3-13/h1-2,5H,4,6H2. The molecule has 0 aliphatic heterocycles. The van der Waals surface area contributed by atoms with Crippen molar-refractivity contribution in [3.8, 4) is 6.07 Å². The number of nitrogens with zero attached hydrogens (tertiary/aromatic N) is 1. The van der Waals surface area contributed by atoms with E-state index in [1.165, 1.54) is 23.5 Å². The molecule has 0 aliphatic carbocycles. The number of thiocarbonyl (C=S) groups is 1. The van der Waals surface area contributed by atoms with Gasteiger partial charge in [-0.2, -0.15) is 5.26 Å². The smallest absolute Gasteiger partial charge is 0.105 e. The predicted octanol–water partition coefficient (Wildman–Crippen LogP) is 4.77. The normalized spacial score (nSPS) is 9.81. The van der Waals surface area contributed by atoms with E-state index in [0.717, 1.165) is 9.09 Å². The Hall–Kier alpha value is 0.0800. The Balaban J connectivity index is 2.49. The molecule has 1 aromatic rings. The Bertz CT molecular complexity index is 429. The quantitative estimate of drug-likeness (QED) is 0.751. The van der Waals surface area contributed by atoms with Gasteiger partial charge in [0.15, 0.2) is 0 Å². The van der Waals surface area contributed by atoms with Crippen LogP contribution in [0.15, 0.2) is 18.2 Å². The van der Waals surface area contributed by atoms with Crippen LogP contribution in [0.4, 0.5) is 0 Å². The van der Waals surface area contributed by atoms with Crippen molar-refractivity contribution in [1.82, 2.24) is 0 Å². The second-order valence-electron chi connectivity index (χ2n) is 2.72. The maximum Gasteiger partial charge on any atom is 0.105 e. The fraction of sp³-hybridized carbons (Fsp3) is 0.200. The first-order valence-electron chi connectivity index (χ1n) is 4.24. The van der Waals surface area contributed by atoms with Gasteiger partial charge in [-0.25, -0.2) is 0 Å². The van der Waals surface area contributed by atoms with Gasteiger partial charge in [0.2, 0.25) is 0 Å². The van der Waals surface area contributed by atoms with E-state index in [4.69, 9.17) is 40.7 Å². The highest BCUT2D eigenvalue weighted by Gasteiger charge is 2.04. The number of rotatable bonds is 3. The number of halogens is 2. The molecule has 0 spiro atoms. The summed E-state index contributed by atoms with van der Waals surface area (Å²) in [5.41, 5.74) is 0.996. The number of hydrogen-bond donors (Lipinski definition) is 0. The lowest BCUT2D eigenvalue weighted by Crippen LogP contribution is -1.87. The van der Waals surface area contributed by atoms with Crippen molar-refractivity contribution in [3.05, 3.63) is 33.8 Å². The number of nitriles is 1. The van der Waals surface area contributed by atoms with Crippen LogP contribution in [0.5, 0.6) is 0 Å². The minimum Gasteiger partial charge on any atom is -0.197 e. The minimum absolute atomic E-state index is 0.389. The molecule has 0 unspecified atom stereocenters. The van der Waals surface area contributed by atoms with Gasteiger partial charge in [0.05, 0.1) is 11.8 Å². The highest BCUT2D eigenvalue weighted by atomic mass is 35.5. The summed E-state index contributed by atoms with van der Waals surface area (Å²) in [4.78, 5) is 0. The lowest BCUT2D eigenvalue weighted by Gasteiger charge is -2.04. The fourth-order valence-electron chi connectivity index (χ4n) is 0.908. The Morgan fingerprint density at radius 3 is 2.75 bits per heavy atom. The molecule has 0 bridgehead atoms. The van der Waals surface area contributed by atoms with Crippen molar-refractivity contribution >= 4 is 62.5 Å². The molecule has 0 saturated carbocycles. The first kappa shape index (κ1) is 14.1. The summed E-state index contributed by atoms with van der Waals surface area (Å²) in [7, 11) is 0. The highest BCUT2D eigenvalue weighted by Crippen LogP contribution is 2.27. The molecule has 84 valence electrons. The monoisotopic (exact) mass is 307 g/mol. The molecule has 6 heteroatoms. The molecule has 0 amide bonds. The second kappa shape index (κ2) is 7.41. The molecule has 0 aliphatic rings. The Morgan fingerprint density at radius 2 is 2.12 bits per heavy atom. The van der Waals surface area contributed by atoms with Crippen LogP contribution in [0.2, 0.25) is 10.0 Å². The zero-order chi connectivity index (χ0) is 12.0. The molecule has 0 aromatic heterocycles. The van der Waals surface area contributed by atoms with Gasteiger partial charge in [0.25, 0.3) is 0 Å². The van der Waals surface area contributed by atoms with Crippen LogP contribution in [0, 0.1) is 11.3 Å². The van der Waals surface area contributed by atoms with Crippen LogP contribution in [-0.4, -0.2) is 9.28 Å². The summed E-state index contributed by atoms with van der Waals surface area (Å²) in [6, 6.07) is 7.43. The van der Waals surface area contributed by atoms with E-state index >= 15 is 0 Å². The molecule has 1 rings (SSSR count). The van der Waals surface area contributed by atoms with Crippen LogP contribution in [0.3, 0.4) is 0 Å². The van der Waals surface area contributed by atoms with Crippen molar-refractivity contribution in [2.75, 3.05) is 5.75 Å². The average molecular weight is 308 g/mol. The third-order valence-corrected chi connectivity index (χ3v) is 4.82. The minimum atomic E-state index is 0.389.